The number of ether oxygens (including phenoxy) is 1. The van der Waals surface area contributed by atoms with Gasteiger partial charge in [-0.15, -0.1) is 0 Å². The van der Waals surface area contributed by atoms with Crippen LogP contribution in [-0.4, -0.2) is 24.9 Å². The van der Waals surface area contributed by atoms with Gasteiger partial charge >= 0.3 is 0 Å². The molecule has 0 spiro atoms. The Morgan fingerprint density at radius 1 is 1.30 bits per heavy atom. The molecule has 20 heavy (non-hydrogen) atoms. The Morgan fingerprint density at radius 2 is 2.10 bits per heavy atom. The number of aromatic nitrogens is 1. The molecule has 1 aromatic heterocycles. The molecular weight excluding hydrogens is 252 g/mol. The highest BCUT2D eigenvalue weighted by atomic mass is 16.5. The predicted molar refractivity (Wildman–Crippen MR) is 79.3 cm³/mol. The van der Waals surface area contributed by atoms with Crippen molar-refractivity contribution in [1.82, 2.24) is 4.98 Å². The number of hydrogen-bond acceptors (Lipinski definition) is 4. The van der Waals surface area contributed by atoms with Crippen molar-refractivity contribution in [3.8, 4) is 5.75 Å². The van der Waals surface area contributed by atoms with E-state index >= 15 is 0 Å². The Balaban J connectivity index is 2.34. The number of anilines is 1. The second kappa shape index (κ2) is 6.19. The third-order valence-electron chi connectivity index (χ3n) is 3.13. The van der Waals surface area contributed by atoms with Gasteiger partial charge < -0.3 is 9.64 Å². The van der Waals surface area contributed by atoms with Gasteiger partial charge in [0.2, 0.25) is 0 Å². The van der Waals surface area contributed by atoms with Gasteiger partial charge in [-0.25, -0.2) is 0 Å². The van der Waals surface area contributed by atoms with Crippen molar-refractivity contribution in [2.45, 2.75) is 13.5 Å². The number of carbonyl (C=O) groups is 1. The lowest BCUT2D eigenvalue weighted by atomic mass is 10.1. The SMILES string of the molecule is COc1cccc(N(C)Cc2cccnc2)c1C(C)=O. The molecule has 0 aliphatic heterocycles. The molecule has 1 aromatic carbocycles. The van der Waals surface area contributed by atoms with Gasteiger partial charge in [0.1, 0.15) is 5.75 Å². The number of benzene rings is 1. The summed E-state index contributed by atoms with van der Waals surface area (Å²) in [6.45, 7) is 2.24. The standard InChI is InChI=1S/C16H18N2O2/c1-12(19)16-14(7-4-8-15(16)20-3)18(2)11-13-6-5-9-17-10-13/h4-10H,11H2,1-3H3. The van der Waals surface area contributed by atoms with E-state index in [0.29, 0.717) is 17.9 Å². The summed E-state index contributed by atoms with van der Waals surface area (Å²) in [4.78, 5) is 18.0. The first-order valence-corrected chi connectivity index (χ1v) is 6.41. The van der Waals surface area contributed by atoms with E-state index in [-0.39, 0.29) is 5.78 Å². The molecule has 104 valence electrons. The van der Waals surface area contributed by atoms with Gasteiger partial charge in [0, 0.05) is 26.0 Å². The maximum atomic E-state index is 11.9. The number of carbonyl (C=O) groups excluding carboxylic acids is 1. The van der Waals surface area contributed by atoms with Crippen molar-refractivity contribution in [3.63, 3.8) is 0 Å². The maximum absolute atomic E-state index is 11.9. The Bertz CT molecular complexity index is 597. The van der Waals surface area contributed by atoms with Crippen molar-refractivity contribution < 1.29 is 9.53 Å². The molecule has 0 atom stereocenters. The number of rotatable bonds is 5. The minimum Gasteiger partial charge on any atom is -0.496 e. The van der Waals surface area contributed by atoms with Crippen LogP contribution in [-0.2, 0) is 6.54 Å². The molecule has 0 saturated carbocycles. The molecule has 0 radical (unpaired) electrons. The van der Waals surface area contributed by atoms with E-state index in [9.17, 15) is 4.79 Å². The van der Waals surface area contributed by atoms with Crippen molar-refractivity contribution in [1.29, 1.82) is 0 Å². The molecule has 0 N–H and O–H groups in total. The highest BCUT2D eigenvalue weighted by molar-refractivity contribution is 6.02. The molecule has 4 heteroatoms. The van der Waals surface area contributed by atoms with Gasteiger partial charge in [0.05, 0.1) is 18.4 Å². The second-order valence-electron chi connectivity index (χ2n) is 4.63. The minimum atomic E-state index is -0.00418. The molecule has 2 aromatic rings. The first-order valence-electron chi connectivity index (χ1n) is 6.41. The Labute approximate surface area is 119 Å². The van der Waals surface area contributed by atoms with Crippen LogP contribution in [0.1, 0.15) is 22.8 Å². The number of nitrogens with zero attached hydrogens (tertiary/aromatic N) is 2. The van der Waals surface area contributed by atoms with E-state index in [1.807, 2.05) is 42.4 Å². The van der Waals surface area contributed by atoms with Gasteiger partial charge in [-0.3, -0.25) is 9.78 Å². The fourth-order valence-corrected chi connectivity index (χ4v) is 2.21. The molecule has 0 saturated heterocycles. The maximum Gasteiger partial charge on any atom is 0.165 e. The van der Waals surface area contributed by atoms with Crippen LogP contribution < -0.4 is 9.64 Å². The monoisotopic (exact) mass is 270 g/mol. The van der Waals surface area contributed by atoms with Crippen LogP contribution in [0.5, 0.6) is 5.75 Å². The zero-order valence-electron chi connectivity index (χ0n) is 12.0. The van der Waals surface area contributed by atoms with Crippen molar-refractivity contribution in [2.24, 2.45) is 0 Å². The summed E-state index contributed by atoms with van der Waals surface area (Å²) in [5, 5.41) is 0. The third kappa shape index (κ3) is 2.96. The van der Waals surface area contributed by atoms with E-state index in [1.165, 1.54) is 0 Å². The molecule has 0 unspecified atom stereocenters. The van der Waals surface area contributed by atoms with Crippen LogP contribution in [0.4, 0.5) is 5.69 Å². The summed E-state index contributed by atoms with van der Waals surface area (Å²) in [5.74, 6) is 0.600. The van der Waals surface area contributed by atoms with Gasteiger partial charge in [-0.1, -0.05) is 12.1 Å². The average Bonchev–Trinajstić information content (AvgIpc) is 2.47. The normalized spacial score (nSPS) is 10.2. The van der Waals surface area contributed by atoms with Gasteiger partial charge in [-0.05, 0) is 30.7 Å². The van der Waals surface area contributed by atoms with Gasteiger partial charge in [-0.2, -0.15) is 0 Å². The van der Waals surface area contributed by atoms with Crippen LogP contribution in [0.3, 0.4) is 0 Å². The largest absolute Gasteiger partial charge is 0.496 e. The van der Waals surface area contributed by atoms with Crippen LogP contribution in [0.25, 0.3) is 0 Å². The summed E-state index contributed by atoms with van der Waals surface area (Å²) in [6, 6.07) is 9.53. The molecule has 4 nitrogen and oxygen atoms in total. The Morgan fingerprint density at radius 3 is 2.70 bits per heavy atom. The molecule has 0 aliphatic carbocycles. The summed E-state index contributed by atoms with van der Waals surface area (Å²) in [7, 11) is 3.53. The quantitative estimate of drug-likeness (QED) is 0.783. The smallest absolute Gasteiger partial charge is 0.165 e. The summed E-state index contributed by atoms with van der Waals surface area (Å²) in [5.41, 5.74) is 2.56. The highest BCUT2D eigenvalue weighted by Gasteiger charge is 2.16. The van der Waals surface area contributed by atoms with Crippen LogP contribution in [0, 0.1) is 0 Å². The number of hydrogen-bond donors (Lipinski definition) is 0. The first kappa shape index (κ1) is 14.1. The molecule has 0 fully saturated rings. The second-order valence-corrected chi connectivity index (χ2v) is 4.63. The first-order chi connectivity index (χ1) is 9.63. The number of ketones is 1. The van der Waals surface area contributed by atoms with E-state index in [4.69, 9.17) is 4.74 Å². The van der Waals surface area contributed by atoms with Crippen molar-refractivity contribution in [3.05, 3.63) is 53.9 Å². The van der Waals surface area contributed by atoms with E-state index in [2.05, 4.69) is 4.98 Å². The highest BCUT2D eigenvalue weighted by Crippen LogP contribution is 2.29. The summed E-state index contributed by atoms with van der Waals surface area (Å²) >= 11 is 0. The lowest BCUT2D eigenvalue weighted by molar-refractivity contribution is 0.101. The lowest BCUT2D eigenvalue weighted by Gasteiger charge is -2.22. The van der Waals surface area contributed by atoms with E-state index < -0.39 is 0 Å². The number of methoxy groups -OCH3 is 1. The molecule has 0 bridgehead atoms. The fraction of sp³-hybridized carbons (Fsp3) is 0.250. The van der Waals surface area contributed by atoms with E-state index in [0.717, 1.165) is 11.3 Å². The van der Waals surface area contributed by atoms with Crippen LogP contribution >= 0.6 is 0 Å². The number of pyridine rings is 1. The Hall–Kier alpha value is -2.36. The molecule has 0 aliphatic rings. The Kier molecular flexibility index (Phi) is 4.35. The zero-order chi connectivity index (χ0) is 14.5. The van der Waals surface area contributed by atoms with Crippen LogP contribution in [0.15, 0.2) is 42.7 Å². The van der Waals surface area contributed by atoms with Crippen molar-refractivity contribution >= 4 is 11.5 Å². The van der Waals surface area contributed by atoms with E-state index in [1.54, 1.807) is 26.3 Å². The molecule has 0 amide bonds. The molecular formula is C16H18N2O2. The van der Waals surface area contributed by atoms with Crippen LogP contribution in [0.2, 0.25) is 0 Å². The van der Waals surface area contributed by atoms with Crippen molar-refractivity contribution in [2.75, 3.05) is 19.1 Å². The number of Topliss-reactive ketones (excluding diaryl/α,β-unsaturated/α-hetero) is 1. The zero-order valence-corrected chi connectivity index (χ0v) is 12.0. The average molecular weight is 270 g/mol. The van der Waals surface area contributed by atoms with Gasteiger partial charge in [0.15, 0.2) is 5.78 Å². The minimum absolute atomic E-state index is 0.00418. The molecule has 1 heterocycles. The topological polar surface area (TPSA) is 42.4 Å². The summed E-state index contributed by atoms with van der Waals surface area (Å²) < 4.78 is 5.29. The molecule has 2 rings (SSSR count). The third-order valence-corrected chi connectivity index (χ3v) is 3.13. The predicted octanol–water partition coefficient (Wildman–Crippen LogP) is 2.93. The lowest BCUT2D eigenvalue weighted by Crippen LogP contribution is -2.19. The van der Waals surface area contributed by atoms with Gasteiger partial charge in [0.25, 0.3) is 0 Å². The summed E-state index contributed by atoms with van der Waals surface area (Å²) in [6.07, 6.45) is 3.57. The fourth-order valence-electron chi connectivity index (χ4n) is 2.21.